The monoisotopic (exact) mass is 174 g/mol. The molecule has 0 radical (unpaired) electrons. The minimum atomic E-state index is 0.0303. The van der Waals surface area contributed by atoms with Crippen LogP contribution in [0.1, 0.15) is 11.6 Å². The second-order valence-electron chi connectivity index (χ2n) is 3.34. The van der Waals surface area contributed by atoms with Gasteiger partial charge >= 0.3 is 0 Å². The molecule has 1 atom stereocenters. The lowest BCUT2D eigenvalue weighted by molar-refractivity contribution is 0.336. The largest absolute Gasteiger partial charge is 0.489 e. The maximum atomic E-state index is 5.87. The van der Waals surface area contributed by atoms with Crippen molar-refractivity contribution in [2.45, 2.75) is 6.04 Å². The number of H-pyrrole nitrogens is 1. The molecule has 0 saturated heterocycles. The Hall–Kier alpha value is -1.48. The van der Waals surface area contributed by atoms with Gasteiger partial charge in [0.25, 0.3) is 0 Å². The van der Waals surface area contributed by atoms with Gasteiger partial charge in [0.05, 0.1) is 11.6 Å². The molecule has 0 unspecified atom stereocenters. The lowest BCUT2D eigenvalue weighted by Crippen LogP contribution is -2.10. The third-order valence-corrected chi connectivity index (χ3v) is 2.52. The predicted molar refractivity (Wildman–Crippen MR) is 50.7 cm³/mol. The molecule has 3 N–H and O–H groups in total. The molecule has 1 aromatic carbocycles. The van der Waals surface area contributed by atoms with Crippen LogP contribution in [-0.4, -0.2) is 11.6 Å². The van der Waals surface area contributed by atoms with Crippen LogP contribution in [-0.2, 0) is 0 Å². The average molecular weight is 174 g/mol. The molecule has 0 amide bonds. The highest BCUT2D eigenvalue weighted by atomic mass is 16.5. The quantitative estimate of drug-likeness (QED) is 0.636. The maximum Gasteiger partial charge on any atom is 0.148 e. The van der Waals surface area contributed by atoms with Crippen LogP contribution in [0.3, 0.4) is 0 Å². The Morgan fingerprint density at radius 1 is 1.38 bits per heavy atom. The highest BCUT2D eigenvalue weighted by molar-refractivity contribution is 5.87. The van der Waals surface area contributed by atoms with Crippen molar-refractivity contribution in [1.82, 2.24) is 4.98 Å². The van der Waals surface area contributed by atoms with Crippen LogP contribution in [0.15, 0.2) is 24.4 Å². The van der Waals surface area contributed by atoms with Crippen molar-refractivity contribution in [3.63, 3.8) is 0 Å². The maximum absolute atomic E-state index is 5.87. The highest BCUT2D eigenvalue weighted by Gasteiger charge is 2.22. The molecule has 0 bridgehead atoms. The second-order valence-corrected chi connectivity index (χ2v) is 3.34. The zero-order chi connectivity index (χ0) is 8.84. The molecular formula is C10H10N2O. The summed E-state index contributed by atoms with van der Waals surface area (Å²) >= 11 is 0. The average Bonchev–Trinajstić information content (AvgIpc) is 2.70. The summed E-state index contributed by atoms with van der Waals surface area (Å²) < 4.78 is 5.53. The number of fused-ring (bicyclic) bond motifs is 3. The Kier molecular flexibility index (Phi) is 1.21. The highest BCUT2D eigenvalue weighted by Crippen LogP contribution is 2.36. The van der Waals surface area contributed by atoms with Crippen molar-refractivity contribution in [2.24, 2.45) is 5.73 Å². The Bertz CT molecular complexity index is 461. The standard InChI is InChI=1S/C10H10N2O/c11-8-5-13-10-7(8)2-1-6-3-4-12-9(6)10/h1-4,8,12H,5,11H2/t8-/m1/s1. The molecule has 2 aromatic rings. The van der Waals surface area contributed by atoms with Crippen molar-refractivity contribution >= 4 is 10.9 Å². The topological polar surface area (TPSA) is 51.0 Å². The molecule has 13 heavy (non-hydrogen) atoms. The fourth-order valence-electron chi connectivity index (χ4n) is 1.83. The number of nitrogens with one attached hydrogen (secondary N) is 1. The molecule has 1 aliphatic heterocycles. The SMILES string of the molecule is N[C@@H]1COc2c1ccc1cc[nH]c21. The normalized spacial score (nSPS) is 20.2. The number of hydrogen-bond donors (Lipinski definition) is 2. The fourth-order valence-corrected chi connectivity index (χ4v) is 1.83. The number of hydrogen-bond acceptors (Lipinski definition) is 2. The molecule has 3 nitrogen and oxygen atoms in total. The van der Waals surface area contributed by atoms with E-state index in [9.17, 15) is 0 Å². The van der Waals surface area contributed by atoms with Gasteiger partial charge in [-0.1, -0.05) is 12.1 Å². The fraction of sp³-hybridized carbons (Fsp3) is 0.200. The van der Waals surface area contributed by atoms with Crippen molar-refractivity contribution in [3.05, 3.63) is 30.0 Å². The minimum Gasteiger partial charge on any atom is -0.489 e. The van der Waals surface area contributed by atoms with E-state index in [0.29, 0.717) is 6.61 Å². The minimum absolute atomic E-state index is 0.0303. The molecule has 2 heterocycles. The molecular weight excluding hydrogens is 164 g/mol. The van der Waals surface area contributed by atoms with Crippen LogP contribution >= 0.6 is 0 Å². The van der Waals surface area contributed by atoms with E-state index in [1.54, 1.807) is 0 Å². The third-order valence-electron chi connectivity index (χ3n) is 2.52. The Balaban J connectivity index is 2.39. The van der Waals surface area contributed by atoms with Crippen LogP contribution < -0.4 is 10.5 Å². The molecule has 1 aromatic heterocycles. The van der Waals surface area contributed by atoms with Gasteiger partial charge < -0.3 is 15.5 Å². The molecule has 3 heteroatoms. The van der Waals surface area contributed by atoms with Gasteiger partial charge in [-0.3, -0.25) is 0 Å². The Labute approximate surface area is 75.5 Å². The van der Waals surface area contributed by atoms with Crippen molar-refractivity contribution in [1.29, 1.82) is 0 Å². The summed E-state index contributed by atoms with van der Waals surface area (Å²) in [6.45, 7) is 0.591. The molecule has 0 spiro atoms. The summed E-state index contributed by atoms with van der Waals surface area (Å²) in [6, 6.07) is 6.17. The smallest absolute Gasteiger partial charge is 0.148 e. The second kappa shape index (κ2) is 2.26. The van der Waals surface area contributed by atoms with Crippen LogP contribution in [0.25, 0.3) is 10.9 Å². The predicted octanol–water partition coefficient (Wildman–Crippen LogP) is 1.56. The van der Waals surface area contributed by atoms with Gasteiger partial charge in [0, 0.05) is 17.1 Å². The van der Waals surface area contributed by atoms with Crippen molar-refractivity contribution in [2.75, 3.05) is 6.61 Å². The van der Waals surface area contributed by atoms with Crippen molar-refractivity contribution in [3.8, 4) is 5.75 Å². The lowest BCUT2D eigenvalue weighted by Gasteiger charge is -2.00. The van der Waals surface area contributed by atoms with E-state index < -0.39 is 0 Å². The first kappa shape index (κ1) is 6.97. The van der Waals surface area contributed by atoms with Gasteiger partial charge in [0.15, 0.2) is 0 Å². The van der Waals surface area contributed by atoms with E-state index in [1.165, 1.54) is 5.39 Å². The number of nitrogens with two attached hydrogens (primary N) is 1. The summed E-state index contributed by atoms with van der Waals surface area (Å²) in [5, 5.41) is 1.17. The summed E-state index contributed by atoms with van der Waals surface area (Å²) in [4.78, 5) is 3.16. The van der Waals surface area contributed by atoms with Crippen LogP contribution in [0, 0.1) is 0 Å². The van der Waals surface area contributed by atoms with E-state index in [0.717, 1.165) is 16.8 Å². The van der Waals surface area contributed by atoms with Gasteiger partial charge in [-0.05, 0) is 6.07 Å². The van der Waals surface area contributed by atoms with Crippen molar-refractivity contribution < 1.29 is 4.74 Å². The third kappa shape index (κ3) is 0.820. The number of ether oxygens (including phenoxy) is 1. The Morgan fingerprint density at radius 3 is 3.23 bits per heavy atom. The zero-order valence-electron chi connectivity index (χ0n) is 7.08. The van der Waals surface area contributed by atoms with Gasteiger partial charge in [0.1, 0.15) is 12.4 Å². The van der Waals surface area contributed by atoms with E-state index in [2.05, 4.69) is 11.1 Å². The summed E-state index contributed by atoms with van der Waals surface area (Å²) in [5.74, 6) is 0.926. The Morgan fingerprint density at radius 2 is 2.31 bits per heavy atom. The first-order valence-electron chi connectivity index (χ1n) is 4.34. The zero-order valence-corrected chi connectivity index (χ0v) is 7.08. The first-order chi connectivity index (χ1) is 6.36. The van der Waals surface area contributed by atoms with E-state index in [1.807, 2.05) is 18.3 Å². The van der Waals surface area contributed by atoms with E-state index in [-0.39, 0.29) is 6.04 Å². The lowest BCUT2D eigenvalue weighted by atomic mass is 10.1. The van der Waals surface area contributed by atoms with Crippen LogP contribution in [0.4, 0.5) is 0 Å². The number of aromatic amines is 1. The molecule has 0 saturated carbocycles. The first-order valence-corrected chi connectivity index (χ1v) is 4.34. The van der Waals surface area contributed by atoms with Crippen LogP contribution in [0.5, 0.6) is 5.75 Å². The number of rotatable bonds is 0. The van der Waals surface area contributed by atoms with E-state index >= 15 is 0 Å². The summed E-state index contributed by atoms with van der Waals surface area (Å²) in [7, 11) is 0. The van der Waals surface area contributed by atoms with Gasteiger partial charge in [0.2, 0.25) is 0 Å². The molecule has 0 aliphatic carbocycles. The van der Waals surface area contributed by atoms with Gasteiger partial charge in [-0.2, -0.15) is 0 Å². The van der Waals surface area contributed by atoms with Crippen LogP contribution in [0.2, 0.25) is 0 Å². The summed E-state index contributed by atoms with van der Waals surface area (Å²) in [5.41, 5.74) is 8.03. The molecule has 0 fully saturated rings. The number of aromatic nitrogens is 1. The summed E-state index contributed by atoms with van der Waals surface area (Å²) in [6.07, 6.45) is 1.91. The van der Waals surface area contributed by atoms with Gasteiger partial charge in [-0.25, -0.2) is 0 Å². The molecule has 3 rings (SSSR count). The number of benzene rings is 1. The molecule has 1 aliphatic rings. The van der Waals surface area contributed by atoms with E-state index in [4.69, 9.17) is 10.5 Å². The van der Waals surface area contributed by atoms with Gasteiger partial charge in [-0.15, -0.1) is 0 Å². The molecule has 66 valence electrons.